The topological polar surface area (TPSA) is 43.1 Å². The summed E-state index contributed by atoms with van der Waals surface area (Å²) in [6.07, 6.45) is -4.92. The predicted octanol–water partition coefficient (Wildman–Crippen LogP) is 2.17. The van der Waals surface area contributed by atoms with Gasteiger partial charge in [-0.15, -0.1) is 0 Å². The second-order valence-corrected chi connectivity index (χ2v) is 2.91. The highest BCUT2D eigenvalue weighted by molar-refractivity contribution is 5.58. The number of carbonyl (C=O) groups excluding carboxylic acids is 1. The van der Waals surface area contributed by atoms with Gasteiger partial charge in [-0.25, -0.2) is 4.39 Å². The Hall–Kier alpha value is -1.59. The predicted molar refractivity (Wildman–Crippen MR) is 45.6 cm³/mol. The summed E-state index contributed by atoms with van der Waals surface area (Å²) in [5, 5.41) is 0. The van der Waals surface area contributed by atoms with E-state index in [0.717, 1.165) is 6.07 Å². The van der Waals surface area contributed by atoms with Gasteiger partial charge in [0.25, 0.3) is 0 Å². The number of aldehydes is 1. The lowest BCUT2D eigenvalue weighted by atomic mass is 10.1. The average Bonchev–Trinajstić information content (AvgIpc) is 2.09. The quantitative estimate of drug-likeness (QED) is 0.472. The summed E-state index contributed by atoms with van der Waals surface area (Å²) in [5.41, 5.74) is 3.16. The van der Waals surface area contributed by atoms with Crippen LogP contribution in [-0.4, -0.2) is 6.29 Å². The molecular formula is C9H7F4NO. The van der Waals surface area contributed by atoms with E-state index in [2.05, 4.69) is 0 Å². The zero-order valence-electron chi connectivity index (χ0n) is 7.44. The number of nitrogen functional groups attached to an aromatic ring is 1. The van der Waals surface area contributed by atoms with Gasteiger partial charge < -0.3 is 10.5 Å². The van der Waals surface area contributed by atoms with Crippen LogP contribution in [0.5, 0.6) is 0 Å². The van der Waals surface area contributed by atoms with Crippen LogP contribution in [0.25, 0.3) is 0 Å². The largest absolute Gasteiger partial charge is 0.419 e. The lowest BCUT2D eigenvalue weighted by Gasteiger charge is -2.11. The van der Waals surface area contributed by atoms with Crippen LogP contribution >= 0.6 is 0 Å². The van der Waals surface area contributed by atoms with Gasteiger partial charge in [0, 0.05) is 12.1 Å². The molecule has 0 aliphatic rings. The monoisotopic (exact) mass is 221 g/mol. The van der Waals surface area contributed by atoms with Gasteiger partial charge in [0.15, 0.2) is 0 Å². The molecular weight excluding hydrogens is 214 g/mol. The van der Waals surface area contributed by atoms with E-state index in [1.807, 2.05) is 0 Å². The number of alkyl halides is 3. The maximum Gasteiger partial charge on any atom is 0.419 e. The summed E-state index contributed by atoms with van der Waals surface area (Å²) in [6, 6.07) is 1.52. The first-order valence-electron chi connectivity index (χ1n) is 3.95. The highest BCUT2D eigenvalue weighted by Gasteiger charge is 2.35. The Labute approximate surface area is 82.7 Å². The molecule has 0 fully saturated rings. The molecule has 0 amide bonds. The first kappa shape index (κ1) is 11.5. The molecule has 0 spiro atoms. The number of hydrogen-bond acceptors (Lipinski definition) is 2. The average molecular weight is 221 g/mol. The zero-order valence-corrected chi connectivity index (χ0v) is 7.44. The van der Waals surface area contributed by atoms with Crippen molar-refractivity contribution in [1.82, 2.24) is 0 Å². The molecule has 0 heterocycles. The number of benzene rings is 1. The van der Waals surface area contributed by atoms with Crippen molar-refractivity contribution in [1.29, 1.82) is 0 Å². The van der Waals surface area contributed by atoms with Crippen LogP contribution in [0.15, 0.2) is 12.1 Å². The van der Waals surface area contributed by atoms with E-state index >= 15 is 0 Å². The van der Waals surface area contributed by atoms with Crippen LogP contribution in [0.1, 0.15) is 11.1 Å². The third-order valence-electron chi connectivity index (χ3n) is 1.78. The summed E-state index contributed by atoms with van der Waals surface area (Å²) >= 11 is 0. The van der Waals surface area contributed by atoms with Gasteiger partial charge >= 0.3 is 6.18 Å². The lowest BCUT2D eigenvalue weighted by Crippen LogP contribution is -2.11. The van der Waals surface area contributed by atoms with Crippen LogP contribution in [0.3, 0.4) is 0 Å². The Balaban J connectivity index is 3.34. The van der Waals surface area contributed by atoms with E-state index < -0.39 is 24.0 Å². The van der Waals surface area contributed by atoms with Crippen molar-refractivity contribution >= 4 is 12.0 Å². The van der Waals surface area contributed by atoms with Crippen LogP contribution in [-0.2, 0) is 17.4 Å². The minimum absolute atomic E-state index is 0.222. The Morgan fingerprint density at radius 3 is 2.40 bits per heavy atom. The Morgan fingerprint density at radius 2 is 1.93 bits per heavy atom. The van der Waals surface area contributed by atoms with Gasteiger partial charge in [-0.2, -0.15) is 13.2 Å². The molecule has 0 unspecified atom stereocenters. The highest BCUT2D eigenvalue weighted by Crippen LogP contribution is 2.34. The zero-order chi connectivity index (χ0) is 11.6. The van der Waals surface area contributed by atoms with E-state index in [4.69, 9.17) is 5.73 Å². The standard InChI is InChI=1S/C9H7F4NO/c10-8-5(1-2-15)3-6(14)4-7(8)9(11,12)13/h2-4H,1,14H2. The summed E-state index contributed by atoms with van der Waals surface area (Å²) in [5.74, 6) is -1.44. The van der Waals surface area contributed by atoms with Crippen LogP contribution < -0.4 is 5.73 Å². The third kappa shape index (κ3) is 2.45. The molecule has 0 aliphatic carbocycles. The van der Waals surface area contributed by atoms with E-state index in [1.54, 1.807) is 0 Å². The molecule has 0 saturated heterocycles. The molecule has 15 heavy (non-hydrogen) atoms. The molecule has 0 aliphatic heterocycles. The van der Waals surface area contributed by atoms with E-state index in [-0.39, 0.29) is 11.3 Å². The van der Waals surface area contributed by atoms with Crippen molar-refractivity contribution < 1.29 is 22.4 Å². The molecule has 2 N–H and O–H groups in total. The summed E-state index contributed by atoms with van der Waals surface area (Å²) in [7, 11) is 0. The van der Waals surface area contributed by atoms with Crippen LogP contribution in [0.4, 0.5) is 23.2 Å². The fraction of sp³-hybridized carbons (Fsp3) is 0.222. The molecule has 0 aromatic heterocycles. The Bertz CT molecular complexity index is 386. The minimum Gasteiger partial charge on any atom is -0.399 e. The second kappa shape index (κ2) is 3.88. The molecule has 0 radical (unpaired) electrons. The first-order chi connectivity index (χ1) is 6.86. The van der Waals surface area contributed by atoms with Crippen molar-refractivity contribution in [2.45, 2.75) is 12.6 Å². The molecule has 2 nitrogen and oxygen atoms in total. The van der Waals surface area contributed by atoms with Crippen LogP contribution in [0.2, 0.25) is 0 Å². The molecule has 0 saturated carbocycles. The van der Waals surface area contributed by atoms with Crippen molar-refractivity contribution in [3.8, 4) is 0 Å². The number of carbonyl (C=O) groups is 1. The van der Waals surface area contributed by atoms with Gasteiger partial charge in [0.2, 0.25) is 0 Å². The number of nitrogens with two attached hydrogens (primary N) is 1. The normalized spacial score (nSPS) is 11.5. The fourth-order valence-corrected chi connectivity index (χ4v) is 1.15. The van der Waals surface area contributed by atoms with Crippen molar-refractivity contribution in [2.24, 2.45) is 0 Å². The molecule has 1 aromatic carbocycles. The third-order valence-corrected chi connectivity index (χ3v) is 1.78. The second-order valence-electron chi connectivity index (χ2n) is 2.91. The highest BCUT2D eigenvalue weighted by atomic mass is 19.4. The fourth-order valence-electron chi connectivity index (χ4n) is 1.15. The smallest absolute Gasteiger partial charge is 0.399 e. The molecule has 1 rings (SSSR count). The number of rotatable bonds is 2. The van der Waals surface area contributed by atoms with E-state index in [0.29, 0.717) is 12.4 Å². The lowest BCUT2D eigenvalue weighted by molar-refractivity contribution is -0.140. The van der Waals surface area contributed by atoms with Crippen molar-refractivity contribution in [3.63, 3.8) is 0 Å². The maximum atomic E-state index is 13.2. The minimum atomic E-state index is -4.81. The molecule has 0 bridgehead atoms. The Morgan fingerprint density at radius 1 is 1.33 bits per heavy atom. The summed E-state index contributed by atoms with van der Waals surface area (Å²) in [6.45, 7) is 0. The Kier molecular flexibility index (Phi) is 2.97. The number of anilines is 1. The van der Waals surface area contributed by atoms with Gasteiger partial charge in [-0.05, 0) is 17.7 Å². The summed E-state index contributed by atoms with van der Waals surface area (Å²) in [4.78, 5) is 10.1. The molecule has 82 valence electrons. The van der Waals surface area contributed by atoms with E-state index in [1.165, 1.54) is 0 Å². The SMILES string of the molecule is Nc1cc(CC=O)c(F)c(C(F)(F)F)c1. The van der Waals surface area contributed by atoms with Gasteiger partial charge in [-0.3, -0.25) is 0 Å². The van der Waals surface area contributed by atoms with Gasteiger partial charge in [0.05, 0.1) is 5.56 Å². The van der Waals surface area contributed by atoms with Gasteiger partial charge in [0.1, 0.15) is 12.1 Å². The van der Waals surface area contributed by atoms with Crippen LogP contribution in [0, 0.1) is 5.82 Å². The molecule has 1 aromatic rings. The first-order valence-corrected chi connectivity index (χ1v) is 3.95. The number of hydrogen-bond donors (Lipinski definition) is 1. The van der Waals surface area contributed by atoms with Gasteiger partial charge in [-0.1, -0.05) is 0 Å². The van der Waals surface area contributed by atoms with Crippen molar-refractivity contribution in [3.05, 3.63) is 29.1 Å². The number of halogens is 4. The van der Waals surface area contributed by atoms with E-state index in [9.17, 15) is 22.4 Å². The summed E-state index contributed by atoms with van der Waals surface area (Å²) < 4.78 is 50.0. The van der Waals surface area contributed by atoms with Crippen molar-refractivity contribution in [2.75, 3.05) is 5.73 Å². The molecule has 6 heteroatoms. The maximum absolute atomic E-state index is 13.2. The molecule has 0 atom stereocenters.